The van der Waals surface area contributed by atoms with Crippen LogP contribution in [-0.2, 0) is 4.79 Å². The van der Waals surface area contributed by atoms with Gasteiger partial charge in [-0.3, -0.25) is 4.79 Å². The molecule has 4 nitrogen and oxygen atoms in total. The summed E-state index contributed by atoms with van der Waals surface area (Å²) >= 11 is 0. The fourth-order valence-electron chi connectivity index (χ4n) is 2.74. The maximum Gasteiger partial charge on any atom is 0.246 e. The van der Waals surface area contributed by atoms with Gasteiger partial charge in [0.15, 0.2) is 11.5 Å². The second-order valence-electron chi connectivity index (χ2n) is 5.65. The molecule has 0 spiro atoms. The molecule has 2 rings (SSSR count). The number of amides is 1. The number of carbonyl (C=O) groups excluding carboxylic acids is 1. The standard InChI is InChI=1S/C19H27NO3/c1-3-22-17-11-9-16(15-18(17)23-4-2)10-12-19(21)20-13-7-5-6-8-14-20/h9-12,15H,3-8,13-14H2,1-2H3/b12-10+. The zero-order chi connectivity index (χ0) is 16.5. The van der Waals surface area contributed by atoms with Crippen LogP contribution in [0.15, 0.2) is 24.3 Å². The van der Waals surface area contributed by atoms with Crippen molar-refractivity contribution in [3.63, 3.8) is 0 Å². The van der Waals surface area contributed by atoms with Gasteiger partial charge in [0.1, 0.15) is 0 Å². The van der Waals surface area contributed by atoms with Gasteiger partial charge in [0.05, 0.1) is 13.2 Å². The Morgan fingerprint density at radius 2 is 1.70 bits per heavy atom. The van der Waals surface area contributed by atoms with E-state index in [0.29, 0.717) is 13.2 Å². The highest BCUT2D eigenvalue weighted by molar-refractivity contribution is 5.91. The number of nitrogens with zero attached hydrogens (tertiary/aromatic N) is 1. The smallest absolute Gasteiger partial charge is 0.246 e. The Morgan fingerprint density at radius 3 is 2.35 bits per heavy atom. The van der Waals surface area contributed by atoms with Crippen molar-refractivity contribution >= 4 is 12.0 Å². The van der Waals surface area contributed by atoms with Gasteiger partial charge in [-0.1, -0.05) is 18.9 Å². The van der Waals surface area contributed by atoms with Gasteiger partial charge in [0.2, 0.25) is 5.91 Å². The molecule has 4 heteroatoms. The van der Waals surface area contributed by atoms with E-state index in [0.717, 1.165) is 43.0 Å². The lowest BCUT2D eigenvalue weighted by atomic mass is 10.2. The van der Waals surface area contributed by atoms with Gasteiger partial charge in [0, 0.05) is 19.2 Å². The fourth-order valence-corrected chi connectivity index (χ4v) is 2.74. The van der Waals surface area contributed by atoms with Crippen LogP contribution in [0.5, 0.6) is 11.5 Å². The molecule has 1 aliphatic rings. The summed E-state index contributed by atoms with van der Waals surface area (Å²) in [4.78, 5) is 14.2. The van der Waals surface area contributed by atoms with Crippen LogP contribution in [0.3, 0.4) is 0 Å². The molecular formula is C19H27NO3. The van der Waals surface area contributed by atoms with Crippen LogP contribution < -0.4 is 9.47 Å². The van der Waals surface area contributed by atoms with Gasteiger partial charge in [-0.15, -0.1) is 0 Å². The first-order chi connectivity index (χ1) is 11.2. The molecular weight excluding hydrogens is 290 g/mol. The minimum Gasteiger partial charge on any atom is -0.490 e. The number of benzene rings is 1. The average Bonchev–Trinajstić information content (AvgIpc) is 2.84. The molecule has 1 aromatic rings. The zero-order valence-electron chi connectivity index (χ0n) is 14.2. The molecule has 1 aromatic carbocycles. The molecule has 1 amide bonds. The van der Waals surface area contributed by atoms with Crippen molar-refractivity contribution in [2.45, 2.75) is 39.5 Å². The first-order valence-electron chi connectivity index (χ1n) is 8.61. The van der Waals surface area contributed by atoms with Crippen LogP contribution in [0.2, 0.25) is 0 Å². The zero-order valence-corrected chi connectivity index (χ0v) is 14.2. The number of carbonyl (C=O) groups is 1. The Bertz CT molecular complexity index is 531. The number of ether oxygens (including phenoxy) is 2. The van der Waals surface area contributed by atoms with Gasteiger partial charge in [0.25, 0.3) is 0 Å². The lowest BCUT2D eigenvalue weighted by molar-refractivity contribution is -0.125. The average molecular weight is 317 g/mol. The molecule has 23 heavy (non-hydrogen) atoms. The van der Waals surface area contributed by atoms with Crippen molar-refractivity contribution in [2.24, 2.45) is 0 Å². The molecule has 0 N–H and O–H groups in total. The third-order valence-corrected chi connectivity index (χ3v) is 3.90. The van der Waals surface area contributed by atoms with Crippen molar-refractivity contribution in [1.29, 1.82) is 0 Å². The maximum absolute atomic E-state index is 12.3. The maximum atomic E-state index is 12.3. The first kappa shape index (κ1) is 17.4. The molecule has 1 heterocycles. The van der Waals surface area contributed by atoms with E-state index in [1.54, 1.807) is 6.08 Å². The van der Waals surface area contributed by atoms with E-state index < -0.39 is 0 Å². The molecule has 1 aliphatic heterocycles. The number of hydrogen-bond acceptors (Lipinski definition) is 3. The Labute approximate surface area is 139 Å². The van der Waals surface area contributed by atoms with Gasteiger partial charge >= 0.3 is 0 Å². The van der Waals surface area contributed by atoms with Crippen molar-refractivity contribution in [1.82, 2.24) is 4.90 Å². The van der Waals surface area contributed by atoms with Gasteiger partial charge < -0.3 is 14.4 Å². The summed E-state index contributed by atoms with van der Waals surface area (Å²) in [5, 5.41) is 0. The van der Waals surface area contributed by atoms with Gasteiger partial charge in [-0.05, 0) is 50.5 Å². The predicted molar refractivity (Wildman–Crippen MR) is 92.9 cm³/mol. The summed E-state index contributed by atoms with van der Waals surface area (Å²) in [6, 6.07) is 5.75. The second-order valence-corrected chi connectivity index (χ2v) is 5.65. The lowest BCUT2D eigenvalue weighted by Crippen LogP contribution is -2.30. The summed E-state index contributed by atoms with van der Waals surface area (Å²) in [6.07, 6.45) is 8.19. The van der Waals surface area contributed by atoms with Crippen LogP contribution in [0, 0.1) is 0 Å². The quantitative estimate of drug-likeness (QED) is 0.747. The molecule has 126 valence electrons. The SMILES string of the molecule is CCOc1ccc(/C=C/C(=O)N2CCCCCC2)cc1OCC. The molecule has 1 saturated heterocycles. The van der Waals surface area contributed by atoms with Crippen LogP contribution in [0.25, 0.3) is 6.08 Å². The van der Waals surface area contributed by atoms with E-state index in [2.05, 4.69) is 0 Å². The molecule has 1 fully saturated rings. The summed E-state index contributed by atoms with van der Waals surface area (Å²) in [5.41, 5.74) is 0.945. The second kappa shape index (κ2) is 9.23. The van der Waals surface area contributed by atoms with E-state index in [1.807, 2.05) is 43.0 Å². The van der Waals surface area contributed by atoms with E-state index in [-0.39, 0.29) is 5.91 Å². The third-order valence-electron chi connectivity index (χ3n) is 3.90. The minimum atomic E-state index is 0.0961. The van der Waals surface area contributed by atoms with Crippen molar-refractivity contribution < 1.29 is 14.3 Å². The minimum absolute atomic E-state index is 0.0961. The number of rotatable bonds is 6. The predicted octanol–water partition coefficient (Wildman–Crippen LogP) is 3.90. The number of likely N-dealkylation sites (tertiary alicyclic amines) is 1. The molecule has 0 bridgehead atoms. The first-order valence-corrected chi connectivity index (χ1v) is 8.61. The summed E-state index contributed by atoms with van der Waals surface area (Å²) in [5.74, 6) is 1.56. The lowest BCUT2D eigenvalue weighted by Gasteiger charge is -2.18. The van der Waals surface area contributed by atoms with Gasteiger partial charge in [-0.2, -0.15) is 0 Å². The molecule has 0 atom stereocenters. The van der Waals surface area contributed by atoms with E-state index >= 15 is 0 Å². The monoisotopic (exact) mass is 317 g/mol. The van der Waals surface area contributed by atoms with E-state index in [4.69, 9.17) is 9.47 Å². The highest BCUT2D eigenvalue weighted by atomic mass is 16.5. The normalized spacial score (nSPS) is 15.5. The Kier molecular flexibility index (Phi) is 6.98. The Balaban J connectivity index is 2.05. The van der Waals surface area contributed by atoms with Crippen LogP contribution in [0.4, 0.5) is 0 Å². The molecule has 0 aliphatic carbocycles. The number of hydrogen-bond donors (Lipinski definition) is 0. The summed E-state index contributed by atoms with van der Waals surface area (Å²) < 4.78 is 11.2. The van der Waals surface area contributed by atoms with Gasteiger partial charge in [-0.25, -0.2) is 0 Å². The molecule has 0 aromatic heterocycles. The molecule has 0 unspecified atom stereocenters. The van der Waals surface area contributed by atoms with Crippen molar-refractivity contribution in [2.75, 3.05) is 26.3 Å². The van der Waals surface area contributed by atoms with Crippen LogP contribution in [0.1, 0.15) is 45.1 Å². The Hall–Kier alpha value is -1.97. The van der Waals surface area contributed by atoms with Crippen LogP contribution in [-0.4, -0.2) is 37.1 Å². The Morgan fingerprint density at radius 1 is 1.04 bits per heavy atom. The largest absolute Gasteiger partial charge is 0.490 e. The van der Waals surface area contributed by atoms with Crippen molar-refractivity contribution in [3.05, 3.63) is 29.8 Å². The van der Waals surface area contributed by atoms with Crippen molar-refractivity contribution in [3.8, 4) is 11.5 Å². The summed E-state index contributed by atoms with van der Waals surface area (Å²) in [7, 11) is 0. The molecule has 0 radical (unpaired) electrons. The van der Waals surface area contributed by atoms with E-state index in [1.165, 1.54) is 12.8 Å². The topological polar surface area (TPSA) is 38.8 Å². The highest BCUT2D eigenvalue weighted by Crippen LogP contribution is 2.29. The van der Waals surface area contributed by atoms with E-state index in [9.17, 15) is 4.79 Å². The summed E-state index contributed by atoms with van der Waals surface area (Å²) in [6.45, 7) is 6.82. The highest BCUT2D eigenvalue weighted by Gasteiger charge is 2.12. The fraction of sp³-hybridized carbons (Fsp3) is 0.526. The molecule has 0 saturated carbocycles. The third kappa shape index (κ3) is 5.31. The van der Waals surface area contributed by atoms with Crippen LogP contribution >= 0.6 is 0 Å².